The smallest absolute Gasteiger partial charge is 0.459 e. The summed E-state index contributed by atoms with van der Waals surface area (Å²) in [6, 6.07) is 6.08. The van der Waals surface area contributed by atoms with Crippen LogP contribution in [0.4, 0.5) is 0 Å². The van der Waals surface area contributed by atoms with Crippen LogP contribution in [-0.4, -0.2) is 59.6 Å². The molecule has 37 heavy (non-hydrogen) atoms. The topological polar surface area (TPSA) is 196 Å². The lowest BCUT2D eigenvalue weighted by atomic mass is 9.98. The summed E-state index contributed by atoms with van der Waals surface area (Å²) in [5.41, 5.74) is 6.65. The number of nitrogens with one attached hydrogen (secondary N) is 2. The Bertz CT molecular complexity index is 1370. The number of methoxy groups -OCH3 is 1. The number of H-pyrrole nitrogens is 1. The molecule has 2 fully saturated rings. The van der Waals surface area contributed by atoms with Crippen molar-refractivity contribution in [3.05, 3.63) is 73.4 Å². The highest BCUT2D eigenvalue weighted by atomic mass is 31.2. The van der Waals surface area contributed by atoms with E-state index in [1.807, 2.05) is 0 Å². The molecule has 3 unspecified atom stereocenters. The third-order valence-electron chi connectivity index (χ3n) is 5.96. The molecule has 2 aliphatic heterocycles. The van der Waals surface area contributed by atoms with Gasteiger partial charge in [0, 0.05) is 16.7 Å². The van der Waals surface area contributed by atoms with E-state index in [0.29, 0.717) is 0 Å². The highest BCUT2D eigenvalue weighted by Crippen LogP contribution is 2.51. The molecular formula is C21H25N6O9P. The first-order chi connectivity index (χ1) is 17.6. The van der Waals surface area contributed by atoms with Crippen molar-refractivity contribution in [2.75, 3.05) is 20.3 Å². The van der Waals surface area contributed by atoms with Crippen molar-refractivity contribution in [2.24, 2.45) is 5.11 Å². The van der Waals surface area contributed by atoms with E-state index < -0.39 is 61.6 Å². The van der Waals surface area contributed by atoms with E-state index in [1.165, 1.54) is 27.2 Å². The van der Waals surface area contributed by atoms with E-state index in [-0.39, 0.29) is 17.9 Å². The number of azide groups is 1. The largest absolute Gasteiger partial charge is 0.468 e. The summed E-state index contributed by atoms with van der Waals surface area (Å²) >= 11 is 0. The fraction of sp³-hybridized carbons (Fsp3) is 0.476. The molecule has 0 aliphatic carbocycles. The number of carbonyl (C=O) groups excluding carboxylic acids is 1. The minimum atomic E-state index is -4.25. The van der Waals surface area contributed by atoms with Crippen molar-refractivity contribution in [3.63, 3.8) is 0 Å². The second-order valence-electron chi connectivity index (χ2n) is 8.53. The zero-order valence-electron chi connectivity index (χ0n) is 20.1. The van der Waals surface area contributed by atoms with Crippen LogP contribution in [-0.2, 0) is 28.1 Å². The number of para-hydroxylation sites is 1. The SMILES string of the molecule is COC(=O)C(C)NP(=O)(OCC12CO[C@@H]([C@H](n3cc(C)c(=O)[nH]c3=O)O1)[C@@H]2N=[N+]=[N-])Oc1ccccc1. The maximum atomic E-state index is 13.7. The number of hydrogen-bond donors (Lipinski definition) is 2. The first kappa shape index (κ1) is 26.6. The van der Waals surface area contributed by atoms with E-state index in [9.17, 15) is 24.5 Å². The van der Waals surface area contributed by atoms with Crippen LogP contribution in [0.5, 0.6) is 5.75 Å². The number of rotatable bonds is 10. The molecule has 1 aromatic carbocycles. The van der Waals surface area contributed by atoms with Gasteiger partial charge in [0.05, 0.1) is 20.3 Å². The van der Waals surface area contributed by atoms with Gasteiger partial charge in [-0.05, 0) is 31.5 Å². The van der Waals surface area contributed by atoms with Crippen molar-refractivity contribution < 1.29 is 32.6 Å². The van der Waals surface area contributed by atoms with Crippen LogP contribution in [0.1, 0.15) is 18.7 Å². The summed E-state index contributed by atoms with van der Waals surface area (Å²) in [6.45, 7) is 2.34. The van der Waals surface area contributed by atoms with Gasteiger partial charge in [0.15, 0.2) is 6.23 Å². The van der Waals surface area contributed by atoms with Crippen molar-refractivity contribution in [1.29, 1.82) is 0 Å². The van der Waals surface area contributed by atoms with Gasteiger partial charge in [0.1, 0.15) is 29.5 Å². The summed E-state index contributed by atoms with van der Waals surface area (Å²) in [5, 5.41) is 6.32. The van der Waals surface area contributed by atoms with Crippen molar-refractivity contribution in [3.8, 4) is 5.75 Å². The fourth-order valence-electron chi connectivity index (χ4n) is 4.11. The molecule has 4 rings (SSSR count). The summed E-state index contributed by atoms with van der Waals surface area (Å²) in [6.07, 6.45) is -0.674. The number of carbonyl (C=O) groups is 1. The number of aryl methyl sites for hydroxylation is 1. The van der Waals surface area contributed by atoms with Crippen molar-refractivity contribution >= 4 is 13.7 Å². The number of benzene rings is 1. The zero-order chi connectivity index (χ0) is 26.8. The van der Waals surface area contributed by atoms with Crippen LogP contribution in [0.2, 0.25) is 0 Å². The van der Waals surface area contributed by atoms with E-state index in [0.717, 1.165) is 4.57 Å². The molecule has 2 aromatic rings. The molecule has 198 valence electrons. The van der Waals surface area contributed by atoms with Gasteiger partial charge in [0.25, 0.3) is 5.56 Å². The van der Waals surface area contributed by atoms with Crippen molar-refractivity contribution in [2.45, 2.75) is 43.9 Å². The number of aromatic nitrogens is 2. The Morgan fingerprint density at radius 1 is 1.41 bits per heavy atom. The van der Waals surface area contributed by atoms with Crippen LogP contribution in [0.15, 0.2) is 51.2 Å². The lowest BCUT2D eigenvalue weighted by Crippen LogP contribution is -2.46. The molecule has 0 spiro atoms. The molecule has 0 amide bonds. The Labute approximate surface area is 209 Å². The molecule has 1 aromatic heterocycles. The first-order valence-electron chi connectivity index (χ1n) is 11.1. The summed E-state index contributed by atoms with van der Waals surface area (Å²) < 4.78 is 42.8. The molecule has 15 nitrogen and oxygen atoms in total. The number of aromatic amines is 1. The average Bonchev–Trinajstić information content (AvgIpc) is 3.37. The summed E-state index contributed by atoms with van der Waals surface area (Å²) in [4.78, 5) is 41.3. The van der Waals surface area contributed by atoms with Crippen LogP contribution in [0, 0.1) is 6.92 Å². The van der Waals surface area contributed by atoms with E-state index in [1.54, 1.807) is 30.3 Å². The van der Waals surface area contributed by atoms with Crippen LogP contribution in [0.25, 0.3) is 10.4 Å². The molecule has 0 saturated carbocycles. The average molecular weight is 536 g/mol. The third-order valence-corrected chi connectivity index (χ3v) is 7.58. The quantitative estimate of drug-likeness (QED) is 0.148. The molecular weight excluding hydrogens is 511 g/mol. The van der Waals surface area contributed by atoms with Gasteiger partial charge in [-0.3, -0.25) is 23.7 Å². The molecule has 0 radical (unpaired) electrons. The predicted octanol–water partition coefficient (Wildman–Crippen LogP) is 1.55. The molecule has 2 N–H and O–H groups in total. The van der Waals surface area contributed by atoms with Gasteiger partial charge in [-0.2, -0.15) is 5.09 Å². The van der Waals surface area contributed by atoms with Gasteiger partial charge in [-0.1, -0.05) is 23.3 Å². The Morgan fingerprint density at radius 3 is 2.81 bits per heavy atom. The Hall–Kier alpha value is -3.45. The molecule has 6 atom stereocenters. The minimum Gasteiger partial charge on any atom is -0.468 e. The molecule has 2 saturated heterocycles. The summed E-state index contributed by atoms with van der Waals surface area (Å²) in [7, 11) is -3.08. The number of ether oxygens (including phenoxy) is 3. The maximum absolute atomic E-state index is 13.7. The second kappa shape index (κ2) is 10.5. The highest BCUT2D eigenvalue weighted by Gasteiger charge is 2.63. The monoisotopic (exact) mass is 536 g/mol. The van der Waals surface area contributed by atoms with Gasteiger partial charge in [-0.25, -0.2) is 9.36 Å². The van der Waals surface area contributed by atoms with Crippen molar-refractivity contribution in [1.82, 2.24) is 14.6 Å². The lowest BCUT2D eigenvalue weighted by molar-refractivity contribution is -0.183. The molecule has 16 heteroatoms. The van der Waals surface area contributed by atoms with E-state index in [4.69, 9.17) is 18.5 Å². The Balaban J connectivity index is 1.63. The molecule has 2 bridgehead atoms. The predicted molar refractivity (Wildman–Crippen MR) is 127 cm³/mol. The number of nitrogens with zero attached hydrogens (tertiary/aromatic N) is 4. The van der Waals surface area contributed by atoms with E-state index in [2.05, 4.69) is 24.8 Å². The molecule has 2 aliphatic rings. The third kappa shape index (κ3) is 5.32. The summed E-state index contributed by atoms with van der Waals surface area (Å²) in [5.74, 6) is -0.514. The number of fused-ring (bicyclic) bond motifs is 2. The lowest BCUT2D eigenvalue weighted by Gasteiger charge is -2.33. The van der Waals surface area contributed by atoms with Crippen LogP contribution in [0.3, 0.4) is 0 Å². The first-order valence-corrected chi connectivity index (χ1v) is 12.7. The normalized spacial score (nSPS) is 26.6. The number of esters is 1. The fourth-order valence-corrected chi connectivity index (χ4v) is 5.66. The van der Waals surface area contributed by atoms with Crippen LogP contribution >= 0.6 is 7.75 Å². The van der Waals surface area contributed by atoms with E-state index >= 15 is 0 Å². The Kier molecular flexibility index (Phi) is 7.55. The molecule has 3 heterocycles. The van der Waals surface area contributed by atoms with Gasteiger partial charge >= 0.3 is 19.4 Å². The van der Waals surface area contributed by atoms with Gasteiger partial charge < -0.3 is 18.7 Å². The van der Waals surface area contributed by atoms with Gasteiger partial charge in [0.2, 0.25) is 0 Å². The second-order valence-corrected chi connectivity index (χ2v) is 10.2. The highest BCUT2D eigenvalue weighted by molar-refractivity contribution is 7.52. The zero-order valence-corrected chi connectivity index (χ0v) is 21.0. The maximum Gasteiger partial charge on any atom is 0.459 e. The number of hydrogen-bond acceptors (Lipinski definition) is 10. The Morgan fingerprint density at radius 2 is 2.14 bits per heavy atom. The minimum absolute atomic E-state index is 0.118. The van der Waals surface area contributed by atoms with Gasteiger partial charge in [-0.15, -0.1) is 0 Å². The van der Waals surface area contributed by atoms with Crippen LogP contribution < -0.4 is 20.9 Å². The standard InChI is InChI=1S/C21H25N6O9P/c1-12-9-27(20(30)23-17(12)28)18-15-16(24-26-22)21(35-18,10-33-15)11-34-37(31,25-13(2)19(29)32-3)36-14-7-5-4-6-8-14/h4-9,13,15-16,18H,10-11H2,1-3H3,(H,25,31)(H,23,28,30)/t13?,15-,16+,18-,21?,37?/m1/s1.